The first-order valence-corrected chi connectivity index (χ1v) is 6.54. The van der Waals surface area contributed by atoms with Crippen molar-refractivity contribution in [2.45, 2.75) is 0 Å². The summed E-state index contributed by atoms with van der Waals surface area (Å²) in [5.41, 5.74) is 2.33. The van der Waals surface area contributed by atoms with Gasteiger partial charge < -0.3 is 0 Å². The molecular weight excluding hydrogens is 300 g/mol. The number of aliphatic imine (C=N–C) groups is 1. The molecule has 0 heterocycles. The Kier molecular flexibility index (Phi) is 4.66. The maximum atomic E-state index is 8.97. The smallest absolute Gasteiger partial charge is 0.101 e. The van der Waals surface area contributed by atoms with Crippen LogP contribution in [-0.4, -0.2) is 6.21 Å². The van der Waals surface area contributed by atoms with E-state index in [9.17, 15) is 0 Å². The lowest BCUT2D eigenvalue weighted by Gasteiger charge is -1.96. The molecule has 0 N–H and O–H groups in total. The summed E-state index contributed by atoms with van der Waals surface area (Å²) in [5, 5.41) is 8.97. The molecule has 0 bridgehead atoms. The van der Waals surface area contributed by atoms with E-state index in [-0.39, 0.29) is 0 Å². The average Bonchev–Trinajstić information content (AvgIpc) is 2.46. The highest BCUT2D eigenvalue weighted by Crippen LogP contribution is 2.18. The Labute approximate surface area is 120 Å². The Morgan fingerprint density at radius 1 is 1.05 bits per heavy atom. The largest absolute Gasteiger partial charge is 0.254 e. The van der Waals surface area contributed by atoms with Crippen LogP contribution in [0, 0.1) is 11.3 Å². The minimum absolute atomic E-state index is 0.568. The molecular formula is C16H11BrN2. The number of nitrogens with zero attached hydrogens (tertiary/aromatic N) is 2. The predicted molar refractivity (Wildman–Crippen MR) is 82.7 cm³/mol. The summed E-state index contributed by atoms with van der Waals surface area (Å²) in [6.45, 7) is 0. The van der Waals surface area contributed by atoms with Gasteiger partial charge >= 0.3 is 0 Å². The van der Waals surface area contributed by atoms with Gasteiger partial charge in [-0.15, -0.1) is 0 Å². The summed E-state index contributed by atoms with van der Waals surface area (Å²) in [4.78, 5) is 4.31. The molecule has 0 spiro atoms. The van der Waals surface area contributed by atoms with Gasteiger partial charge in [-0.25, -0.2) is 0 Å². The van der Waals surface area contributed by atoms with Crippen LogP contribution in [0.2, 0.25) is 0 Å². The highest BCUT2D eigenvalue weighted by molar-refractivity contribution is 9.12. The number of allylic oxidation sites excluding steroid dienone is 1. The molecule has 92 valence electrons. The molecule has 19 heavy (non-hydrogen) atoms. The van der Waals surface area contributed by atoms with Crippen molar-refractivity contribution < 1.29 is 0 Å². The van der Waals surface area contributed by atoms with Crippen LogP contribution in [0.5, 0.6) is 0 Å². The van der Waals surface area contributed by atoms with Crippen LogP contribution < -0.4 is 0 Å². The normalized spacial score (nSPS) is 11.5. The number of halogens is 1. The molecule has 0 aromatic heterocycles. The van der Waals surface area contributed by atoms with Crippen molar-refractivity contribution >= 4 is 33.9 Å². The van der Waals surface area contributed by atoms with E-state index in [1.165, 1.54) is 0 Å². The van der Waals surface area contributed by atoms with E-state index >= 15 is 0 Å². The number of benzene rings is 2. The highest BCUT2D eigenvalue weighted by Gasteiger charge is 1.97. The second kappa shape index (κ2) is 6.67. The van der Waals surface area contributed by atoms with Crippen LogP contribution in [0.4, 0.5) is 5.69 Å². The molecule has 0 fully saturated rings. The standard InChI is InChI=1S/C16H11BrN2/c17-15(10-13-6-2-1-3-7-13)12-19-16-9-5-4-8-14(16)11-18/h1-10,12H. The molecule has 0 aliphatic carbocycles. The van der Waals surface area contributed by atoms with Gasteiger partial charge in [-0.1, -0.05) is 42.5 Å². The molecule has 2 aromatic carbocycles. The van der Waals surface area contributed by atoms with Gasteiger partial charge in [-0.05, 0) is 39.7 Å². The number of hydrogen-bond donors (Lipinski definition) is 0. The lowest BCUT2D eigenvalue weighted by Crippen LogP contribution is -1.78. The Bertz CT molecular complexity index is 652. The molecule has 2 aromatic rings. The number of hydrogen-bond acceptors (Lipinski definition) is 2. The zero-order valence-corrected chi connectivity index (χ0v) is 11.7. The van der Waals surface area contributed by atoms with Crippen molar-refractivity contribution in [3.05, 3.63) is 70.2 Å². The number of rotatable bonds is 3. The van der Waals surface area contributed by atoms with Crippen LogP contribution in [0.3, 0.4) is 0 Å². The van der Waals surface area contributed by atoms with E-state index in [1.54, 1.807) is 12.3 Å². The number of nitriles is 1. The van der Waals surface area contributed by atoms with E-state index in [0.717, 1.165) is 10.0 Å². The quantitative estimate of drug-likeness (QED) is 0.757. The topological polar surface area (TPSA) is 36.1 Å². The molecule has 2 nitrogen and oxygen atoms in total. The van der Waals surface area contributed by atoms with Crippen LogP contribution >= 0.6 is 15.9 Å². The lowest BCUT2D eigenvalue weighted by molar-refractivity contribution is 1.44. The van der Waals surface area contributed by atoms with Crippen LogP contribution in [0.1, 0.15) is 11.1 Å². The molecule has 0 aliphatic rings. The van der Waals surface area contributed by atoms with Crippen LogP contribution in [-0.2, 0) is 0 Å². The third-order valence-corrected chi connectivity index (χ3v) is 2.89. The fourth-order valence-electron chi connectivity index (χ4n) is 1.56. The molecule has 0 saturated heterocycles. The monoisotopic (exact) mass is 310 g/mol. The van der Waals surface area contributed by atoms with Crippen molar-refractivity contribution in [3.63, 3.8) is 0 Å². The minimum atomic E-state index is 0.568. The Hall–Kier alpha value is -2.18. The first-order valence-electron chi connectivity index (χ1n) is 5.75. The molecule has 0 radical (unpaired) electrons. The average molecular weight is 311 g/mol. The Morgan fingerprint density at radius 2 is 1.74 bits per heavy atom. The van der Waals surface area contributed by atoms with E-state index < -0.39 is 0 Å². The molecule has 0 saturated carbocycles. The summed E-state index contributed by atoms with van der Waals surface area (Å²) in [6.07, 6.45) is 3.67. The zero-order chi connectivity index (χ0) is 13.5. The van der Waals surface area contributed by atoms with E-state index in [4.69, 9.17) is 5.26 Å². The first kappa shape index (κ1) is 13.3. The zero-order valence-electron chi connectivity index (χ0n) is 10.1. The summed E-state index contributed by atoms with van der Waals surface area (Å²) in [5.74, 6) is 0. The van der Waals surface area contributed by atoms with Gasteiger partial charge in [0.2, 0.25) is 0 Å². The van der Waals surface area contributed by atoms with Crippen molar-refractivity contribution in [2.75, 3.05) is 0 Å². The van der Waals surface area contributed by atoms with Gasteiger partial charge in [0.25, 0.3) is 0 Å². The van der Waals surface area contributed by atoms with Gasteiger partial charge in [0.1, 0.15) is 6.07 Å². The Balaban J connectivity index is 2.19. The fourth-order valence-corrected chi connectivity index (χ4v) is 1.92. The summed E-state index contributed by atoms with van der Waals surface area (Å²) in [7, 11) is 0. The van der Waals surface area contributed by atoms with Crippen LogP contribution in [0.25, 0.3) is 6.08 Å². The molecule has 2 rings (SSSR count). The van der Waals surface area contributed by atoms with Gasteiger partial charge in [0, 0.05) is 10.7 Å². The molecule has 0 atom stereocenters. The summed E-state index contributed by atoms with van der Waals surface area (Å²) < 4.78 is 0.853. The maximum absolute atomic E-state index is 8.97. The van der Waals surface area contributed by atoms with E-state index in [0.29, 0.717) is 11.3 Å². The predicted octanol–water partition coefficient (Wildman–Crippen LogP) is 4.70. The SMILES string of the molecule is N#Cc1ccccc1N=CC(Br)=Cc1ccccc1. The first-order chi connectivity index (χ1) is 9.29. The van der Waals surface area contributed by atoms with Crippen molar-refractivity contribution in [1.29, 1.82) is 5.26 Å². The van der Waals surface area contributed by atoms with Gasteiger partial charge in [-0.2, -0.15) is 5.26 Å². The molecule has 0 unspecified atom stereocenters. The fraction of sp³-hybridized carbons (Fsp3) is 0. The van der Waals surface area contributed by atoms with Crippen molar-refractivity contribution in [2.24, 2.45) is 4.99 Å². The molecule has 0 amide bonds. The second-order valence-electron chi connectivity index (χ2n) is 3.83. The van der Waals surface area contributed by atoms with Crippen molar-refractivity contribution in [3.8, 4) is 6.07 Å². The lowest BCUT2D eigenvalue weighted by atomic mass is 10.2. The summed E-state index contributed by atoms with van der Waals surface area (Å²) >= 11 is 3.45. The minimum Gasteiger partial charge on any atom is -0.254 e. The van der Waals surface area contributed by atoms with Gasteiger partial charge in [0.05, 0.1) is 11.3 Å². The van der Waals surface area contributed by atoms with Crippen molar-refractivity contribution in [1.82, 2.24) is 0 Å². The molecule has 3 heteroatoms. The molecule has 0 aliphatic heterocycles. The van der Waals surface area contributed by atoms with Gasteiger partial charge in [-0.3, -0.25) is 4.99 Å². The van der Waals surface area contributed by atoms with E-state index in [2.05, 4.69) is 27.0 Å². The maximum Gasteiger partial charge on any atom is 0.101 e. The van der Waals surface area contributed by atoms with Crippen LogP contribution in [0.15, 0.2) is 64.1 Å². The highest BCUT2D eigenvalue weighted by atomic mass is 79.9. The third-order valence-electron chi connectivity index (χ3n) is 2.46. The summed E-state index contributed by atoms with van der Waals surface area (Å²) in [6, 6.07) is 19.3. The van der Waals surface area contributed by atoms with E-state index in [1.807, 2.05) is 54.6 Å². The third kappa shape index (κ3) is 3.90. The number of para-hydroxylation sites is 1. The second-order valence-corrected chi connectivity index (χ2v) is 4.74. The Morgan fingerprint density at radius 3 is 2.47 bits per heavy atom. The van der Waals surface area contributed by atoms with Gasteiger partial charge in [0.15, 0.2) is 0 Å².